The average molecular weight is 340 g/mol. The molecule has 3 heterocycles. The number of hydrogen-bond acceptors (Lipinski definition) is 3. The molecule has 2 atom stereocenters. The van der Waals surface area contributed by atoms with Crippen molar-refractivity contribution in [3.63, 3.8) is 0 Å². The zero-order chi connectivity index (χ0) is 17.6. The van der Waals surface area contributed by atoms with Gasteiger partial charge in [-0.15, -0.1) is 0 Å². The van der Waals surface area contributed by atoms with Crippen molar-refractivity contribution in [3.05, 3.63) is 30.1 Å². The number of benzene rings is 1. The zero-order valence-corrected chi connectivity index (χ0v) is 14.8. The van der Waals surface area contributed by atoms with Crippen molar-refractivity contribution in [2.24, 2.45) is 5.92 Å². The Morgan fingerprint density at radius 2 is 2.12 bits per heavy atom. The lowest BCUT2D eigenvalue weighted by molar-refractivity contribution is -0.136. The molecule has 6 nitrogen and oxygen atoms in total. The summed E-state index contributed by atoms with van der Waals surface area (Å²) in [6.07, 6.45) is 2.26. The predicted molar refractivity (Wildman–Crippen MR) is 94.8 cm³/mol. The molecule has 2 aliphatic rings. The van der Waals surface area contributed by atoms with Gasteiger partial charge >= 0.3 is 0 Å². The molecule has 2 amide bonds. The summed E-state index contributed by atoms with van der Waals surface area (Å²) in [5.41, 5.74) is 2.10. The highest BCUT2D eigenvalue weighted by molar-refractivity contribution is 5.89. The fourth-order valence-electron chi connectivity index (χ4n) is 4.24. The Bertz CT molecular complexity index is 828. The third-order valence-electron chi connectivity index (χ3n) is 5.52. The van der Waals surface area contributed by atoms with Crippen LogP contribution >= 0.6 is 0 Å². The summed E-state index contributed by atoms with van der Waals surface area (Å²) < 4.78 is 2.22. The fraction of sp³-hybridized carbons (Fsp3) is 0.526. The van der Waals surface area contributed by atoms with E-state index in [9.17, 15) is 9.59 Å². The minimum Gasteiger partial charge on any atom is -0.345 e. The van der Waals surface area contributed by atoms with Crippen LogP contribution in [0.15, 0.2) is 24.3 Å². The molecule has 6 heteroatoms. The Hall–Kier alpha value is -2.37. The summed E-state index contributed by atoms with van der Waals surface area (Å²) in [7, 11) is 1.77. The van der Waals surface area contributed by atoms with Crippen LogP contribution in [0.2, 0.25) is 0 Å². The van der Waals surface area contributed by atoms with Gasteiger partial charge in [0.2, 0.25) is 11.8 Å². The van der Waals surface area contributed by atoms with E-state index in [0.29, 0.717) is 13.0 Å². The molecular formula is C19H24N4O2. The number of aromatic nitrogens is 2. The molecule has 2 aliphatic heterocycles. The number of fused-ring (bicyclic) bond motifs is 1. The Kier molecular flexibility index (Phi) is 3.98. The van der Waals surface area contributed by atoms with Crippen molar-refractivity contribution in [2.75, 3.05) is 20.1 Å². The highest BCUT2D eigenvalue weighted by atomic mass is 16.2. The van der Waals surface area contributed by atoms with Crippen LogP contribution in [0.3, 0.4) is 0 Å². The molecule has 0 N–H and O–H groups in total. The molecule has 0 spiro atoms. The van der Waals surface area contributed by atoms with E-state index in [4.69, 9.17) is 4.98 Å². The lowest BCUT2D eigenvalue weighted by Gasteiger charge is -2.27. The van der Waals surface area contributed by atoms with Crippen LogP contribution in [-0.4, -0.2) is 51.3 Å². The first-order valence-corrected chi connectivity index (χ1v) is 9.09. The third-order valence-corrected chi connectivity index (χ3v) is 5.52. The molecule has 0 radical (unpaired) electrons. The van der Waals surface area contributed by atoms with E-state index in [0.717, 1.165) is 42.8 Å². The maximum absolute atomic E-state index is 13.0. The second-order valence-corrected chi connectivity index (χ2v) is 7.07. The number of hydrogen-bond donors (Lipinski definition) is 0. The second kappa shape index (κ2) is 6.17. The molecule has 0 saturated carbocycles. The van der Waals surface area contributed by atoms with E-state index in [1.165, 1.54) is 0 Å². The summed E-state index contributed by atoms with van der Waals surface area (Å²) in [4.78, 5) is 33.3. The largest absolute Gasteiger partial charge is 0.345 e. The minimum atomic E-state index is -0.211. The number of rotatable bonds is 3. The quantitative estimate of drug-likeness (QED) is 0.861. The SMILES string of the molecule is CCn1c([C@@H]2CCCN2C(=O)[C@@H]2CC(=O)N(C)C2)nc2ccccc21. The summed E-state index contributed by atoms with van der Waals surface area (Å²) in [6, 6.07) is 8.15. The molecule has 0 unspecified atom stereocenters. The molecule has 0 bridgehead atoms. The van der Waals surface area contributed by atoms with Crippen molar-refractivity contribution in [1.29, 1.82) is 0 Å². The molecule has 2 saturated heterocycles. The highest BCUT2D eigenvalue weighted by Gasteiger charge is 2.40. The van der Waals surface area contributed by atoms with E-state index in [1.54, 1.807) is 11.9 Å². The average Bonchev–Trinajstić information content (AvgIpc) is 3.31. The lowest BCUT2D eigenvalue weighted by atomic mass is 10.1. The number of amides is 2. The number of aryl methyl sites for hydroxylation is 1. The first kappa shape index (κ1) is 16.1. The topological polar surface area (TPSA) is 58.4 Å². The van der Waals surface area contributed by atoms with Crippen molar-refractivity contribution < 1.29 is 9.59 Å². The molecule has 25 heavy (non-hydrogen) atoms. The summed E-state index contributed by atoms with van der Waals surface area (Å²) in [5, 5.41) is 0. The monoisotopic (exact) mass is 340 g/mol. The normalized spacial score (nSPS) is 23.8. The van der Waals surface area contributed by atoms with E-state index in [1.807, 2.05) is 23.1 Å². The molecule has 2 fully saturated rings. The van der Waals surface area contributed by atoms with Gasteiger partial charge in [0.05, 0.1) is 23.0 Å². The van der Waals surface area contributed by atoms with Crippen LogP contribution in [0.1, 0.15) is 38.1 Å². The molecule has 0 aliphatic carbocycles. The van der Waals surface area contributed by atoms with Crippen molar-refractivity contribution in [3.8, 4) is 0 Å². The second-order valence-electron chi connectivity index (χ2n) is 7.07. The molecule has 4 rings (SSSR count). The van der Waals surface area contributed by atoms with Crippen LogP contribution < -0.4 is 0 Å². The first-order chi connectivity index (χ1) is 12.1. The van der Waals surface area contributed by atoms with E-state index < -0.39 is 0 Å². The van der Waals surface area contributed by atoms with Crippen molar-refractivity contribution in [1.82, 2.24) is 19.4 Å². The van der Waals surface area contributed by atoms with Gasteiger partial charge in [0.25, 0.3) is 0 Å². The highest BCUT2D eigenvalue weighted by Crippen LogP contribution is 2.35. The first-order valence-electron chi connectivity index (χ1n) is 9.09. The van der Waals surface area contributed by atoms with E-state index >= 15 is 0 Å². The van der Waals surface area contributed by atoms with E-state index in [-0.39, 0.29) is 23.8 Å². The molecule has 2 aromatic rings. The van der Waals surface area contributed by atoms with Crippen LogP contribution in [0.25, 0.3) is 11.0 Å². The maximum Gasteiger partial charge on any atom is 0.228 e. The minimum absolute atomic E-state index is 0.0147. The summed E-state index contributed by atoms with van der Waals surface area (Å²) in [6.45, 7) is 4.23. The maximum atomic E-state index is 13.0. The van der Waals surface area contributed by atoms with Crippen molar-refractivity contribution >= 4 is 22.8 Å². The number of nitrogens with zero attached hydrogens (tertiary/aromatic N) is 4. The van der Waals surface area contributed by atoms with Crippen LogP contribution in [-0.2, 0) is 16.1 Å². The Morgan fingerprint density at radius 3 is 2.84 bits per heavy atom. The Labute approximate surface area is 147 Å². The van der Waals surface area contributed by atoms with Gasteiger partial charge in [-0.2, -0.15) is 0 Å². The van der Waals surface area contributed by atoms with Gasteiger partial charge in [-0.25, -0.2) is 4.98 Å². The number of imidazole rings is 1. The van der Waals surface area contributed by atoms with E-state index in [2.05, 4.69) is 17.6 Å². The Balaban J connectivity index is 1.66. The molecule has 132 valence electrons. The molecule has 1 aromatic heterocycles. The van der Waals surface area contributed by atoms with Gasteiger partial charge in [0.1, 0.15) is 5.82 Å². The molecule has 1 aromatic carbocycles. The van der Waals surface area contributed by atoms with Gasteiger partial charge < -0.3 is 14.4 Å². The smallest absolute Gasteiger partial charge is 0.228 e. The fourth-order valence-corrected chi connectivity index (χ4v) is 4.24. The number of likely N-dealkylation sites (tertiary alicyclic amines) is 2. The summed E-state index contributed by atoms with van der Waals surface area (Å²) in [5.74, 6) is 0.939. The number of carbonyl (C=O) groups is 2. The third kappa shape index (κ3) is 2.60. The van der Waals surface area contributed by atoms with Gasteiger partial charge in [-0.05, 0) is 31.9 Å². The van der Waals surface area contributed by atoms with Crippen LogP contribution in [0.4, 0.5) is 0 Å². The van der Waals surface area contributed by atoms with Gasteiger partial charge in [-0.1, -0.05) is 12.1 Å². The lowest BCUT2D eigenvalue weighted by Crippen LogP contribution is -2.37. The zero-order valence-electron chi connectivity index (χ0n) is 14.8. The number of carbonyl (C=O) groups excluding carboxylic acids is 2. The van der Waals surface area contributed by atoms with Gasteiger partial charge in [0, 0.05) is 33.1 Å². The summed E-state index contributed by atoms with van der Waals surface area (Å²) >= 11 is 0. The van der Waals surface area contributed by atoms with Gasteiger partial charge in [0.15, 0.2) is 0 Å². The van der Waals surface area contributed by atoms with Gasteiger partial charge in [-0.3, -0.25) is 9.59 Å². The number of para-hydroxylation sites is 2. The predicted octanol–water partition coefficient (Wildman–Crippen LogP) is 2.20. The molecular weight excluding hydrogens is 316 g/mol. The van der Waals surface area contributed by atoms with Crippen molar-refractivity contribution in [2.45, 2.75) is 38.8 Å². The Morgan fingerprint density at radius 1 is 1.32 bits per heavy atom. The van der Waals surface area contributed by atoms with Crippen LogP contribution in [0, 0.1) is 5.92 Å². The van der Waals surface area contributed by atoms with Crippen LogP contribution in [0.5, 0.6) is 0 Å². The standard InChI is InChI=1S/C19H24N4O2/c1-3-22-15-8-5-4-7-14(15)20-18(22)16-9-6-10-23(16)19(25)13-11-17(24)21(2)12-13/h4-5,7-8,13,16H,3,6,9-12H2,1-2H3/t13-,16+/m1/s1.